The van der Waals surface area contributed by atoms with Crippen LogP contribution in [0.3, 0.4) is 0 Å². The van der Waals surface area contributed by atoms with Crippen LogP contribution in [0, 0.1) is 0 Å². The first kappa shape index (κ1) is 53.6. The third-order valence-electron chi connectivity index (χ3n) is 11.3. The van der Waals surface area contributed by atoms with Crippen LogP contribution in [0.15, 0.2) is 12.2 Å². The molecule has 0 fully saturated rings. The van der Waals surface area contributed by atoms with Gasteiger partial charge in [0.15, 0.2) is 0 Å². The lowest BCUT2D eigenvalue weighted by Gasteiger charge is -2.24. The number of ether oxygens (including phenoxy) is 1. The molecule has 55 heavy (non-hydrogen) atoms. The molecule has 0 aliphatic rings. The highest BCUT2D eigenvalue weighted by Gasteiger charge is 2.24. The second-order valence-corrected chi connectivity index (χ2v) is 16.9. The molecule has 0 rings (SSSR count). The lowest BCUT2D eigenvalue weighted by Crippen LogP contribution is -2.46. The van der Waals surface area contributed by atoms with E-state index in [1.54, 1.807) is 0 Å². The predicted octanol–water partition coefficient (Wildman–Crippen LogP) is 14.2. The minimum absolute atomic E-state index is 0.0632. The van der Waals surface area contributed by atoms with Gasteiger partial charge in [-0.15, -0.1) is 0 Å². The number of esters is 1. The molecule has 0 aliphatic heterocycles. The number of unbranched alkanes of at least 4 members (excludes halogenated alkanes) is 30. The van der Waals surface area contributed by atoms with Crippen molar-refractivity contribution in [3.8, 4) is 0 Å². The third kappa shape index (κ3) is 39.2. The summed E-state index contributed by atoms with van der Waals surface area (Å²) in [6, 6.07) is -0.702. The Morgan fingerprint density at radius 1 is 0.509 bits per heavy atom. The summed E-state index contributed by atoms with van der Waals surface area (Å²) in [7, 11) is 0. The zero-order valence-electron chi connectivity index (χ0n) is 37.1. The Balaban J connectivity index is 4.57. The molecular weight excluding hydrogens is 683 g/mol. The van der Waals surface area contributed by atoms with Crippen molar-refractivity contribution in [1.29, 1.82) is 0 Å². The zero-order valence-corrected chi connectivity index (χ0v) is 37.1. The molecule has 0 heterocycles. The molecule has 0 aliphatic carbocycles. The van der Waals surface area contributed by atoms with E-state index in [2.05, 4.69) is 38.2 Å². The van der Waals surface area contributed by atoms with Crippen molar-refractivity contribution >= 4 is 11.9 Å². The quantitative estimate of drug-likeness (QED) is 0.0325. The topological polar surface area (TPSA) is 95.9 Å². The average molecular weight is 778 g/mol. The number of rotatable bonds is 44. The molecule has 0 saturated heterocycles. The second-order valence-electron chi connectivity index (χ2n) is 16.9. The molecule has 3 atom stereocenters. The van der Waals surface area contributed by atoms with Crippen LogP contribution in [0.2, 0.25) is 0 Å². The SMILES string of the molecule is CCCCCCCCC/C=C\CCCC(CC(=O)NC(CO)C(O)CCCCCCCCCCCCCC)OC(=O)CCCCCCCCCCCCCC. The number of hydrogen-bond donors (Lipinski definition) is 3. The number of hydrogen-bond acceptors (Lipinski definition) is 5. The fourth-order valence-corrected chi connectivity index (χ4v) is 7.61. The summed E-state index contributed by atoms with van der Waals surface area (Å²) in [5.41, 5.74) is 0. The van der Waals surface area contributed by atoms with Crippen LogP contribution in [0.1, 0.15) is 265 Å². The maximum atomic E-state index is 13.1. The van der Waals surface area contributed by atoms with Crippen molar-refractivity contribution in [3.05, 3.63) is 12.2 Å². The van der Waals surface area contributed by atoms with Gasteiger partial charge >= 0.3 is 5.97 Å². The van der Waals surface area contributed by atoms with E-state index >= 15 is 0 Å². The van der Waals surface area contributed by atoms with E-state index in [9.17, 15) is 19.8 Å². The van der Waals surface area contributed by atoms with Crippen LogP contribution < -0.4 is 5.32 Å². The molecular formula is C49H95NO5. The summed E-state index contributed by atoms with van der Waals surface area (Å²) in [5.74, 6) is -0.490. The maximum absolute atomic E-state index is 13.1. The number of carbonyl (C=O) groups is 2. The Kier molecular flexibility index (Phi) is 42.6. The van der Waals surface area contributed by atoms with Gasteiger partial charge in [-0.25, -0.2) is 0 Å². The van der Waals surface area contributed by atoms with Gasteiger partial charge in [-0.3, -0.25) is 9.59 Å². The molecule has 3 N–H and O–H groups in total. The highest BCUT2D eigenvalue weighted by Crippen LogP contribution is 2.17. The van der Waals surface area contributed by atoms with Gasteiger partial charge in [0, 0.05) is 6.42 Å². The molecule has 3 unspecified atom stereocenters. The number of aliphatic hydroxyl groups is 2. The van der Waals surface area contributed by atoms with Gasteiger partial charge in [-0.2, -0.15) is 0 Å². The van der Waals surface area contributed by atoms with Crippen LogP contribution in [-0.4, -0.2) is 46.9 Å². The number of allylic oxidation sites excluding steroid dienone is 2. The van der Waals surface area contributed by atoms with Gasteiger partial charge < -0.3 is 20.3 Å². The molecule has 0 radical (unpaired) electrons. The molecule has 0 spiro atoms. The van der Waals surface area contributed by atoms with E-state index in [0.717, 1.165) is 51.4 Å². The monoisotopic (exact) mass is 778 g/mol. The Hall–Kier alpha value is -1.40. The predicted molar refractivity (Wildman–Crippen MR) is 237 cm³/mol. The van der Waals surface area contributed by atoms with E-state index in [-0.39, 0.29) is 24.9 Å². The van der Waals surface area contributed by atoms with Crippen molar-refractivity contribution in [2.45, 2.75) is 283 Å². The van der Waals surface area contributed by atoms with E-state index in [4.69, 9.17) is 4.74 Å². The first-order valence-corrected chi connectivity index (χ1v) is 24.4. The molecule has 1 amide bonds. The molecule has 0 saturated carbocycles. The number of nitrogens with one attached hydrogen (secondary N) is 1. The summed E-state index contributed by atoms with van der Waals surface area (Å²) in [4.78, 5) is 26.0. The summed E-state index contributed by atoms with van der Waals surface area (Å²) in [6.45, 7) is 6.47. The van der Waals surface area contributed by atoms with Gasteiger partial charge in [0.25, 0.3) is 0 Å². The van der Waals surface area contributed by atoms with E-state index < -0.39 is 18.2 Å². The molecule has 0 aromatic carbocycles. The second kappa shape index (κ2) is 43.7. The lowest BCUT2D eigenvalue weighted by molar-refractivity contribution is -0.151. The van der Waals surface area contributed by atoms with E-state index in [0.29, 0.717) is 19.3 Å². The third-order valence-corrected chi connectivity index (χ3v) is 11.3. The van der Waals surface area contributed by atoms with Gasteiger partial charge in [-0.05, 0) is 44.9 Å². The molecule has 0 aromatic heterocycles. The molecule has 6 heteroatoms. The number of aliphatic hydroxyl groups excluding tert-OH is 2. The Morgan fingerprint density at radius 2 is 0.891 bits per heavy atom. The van der Waals surface area contributed by atoms with Crippen molar-refractivity contribution in [2.75, 3.05) is 6.61 Å². The molecule has 6 nitrogen and oxygen atoms in total. The summed E-state index contributed by atoms with van der Waals surface area (Å²) >= 11 is 0. The standard InChI is InChI=1S/C49H95NO5/c1-4-7-10-13-16-19-22-25-28-31-34-37-40-45(55-49(54)42-39-36-33-30-27-24-21-18-15-12-9-6-3)43-48(53)50-46(44-51)47(52)41-38-35-32-29-26-23-20-17-14-11-8-5-2/h28,31,45-47,51-52H,4-27,29-30,32-44H2,1-3H3,(H,50,53)/b31-28-. The largest absolute Gasteiger partial charge is 0.462 e. The maximum Gasteiger partial charge on any atom is 0.306 e. The smallest absolute Gasteiger partial charge is 0.306 e. The van der Waals surface area contributed by atoms with Crippen LogP contribution in [0.4, 0.5) is 0 Å². The van der Waals surface area contributed by atoms with Crippen molar-refractivity contribution < 1.29 is 24.5 Å². The van der Waals surface area contributed by atoms with E-state index in [1.807, 2.05) is 0 Å². The molecule has 326 valence electrons. The van der Waals surface area contributed by atoms with Crippen molar-refractivity contribution in [3.63, 3.8) is 0 Å². The summed E-state index contributed by atoms with van der Waals surface area (Å²) in [6.07, 6.45) is 47.0. The van der Waals surface area contributed by atoms with Crippen LogP contribution >= 0.6 is 0 Å². The highest BCUT2D eigenvalue weighted by atomic mass is 16.5. The zero-order chi connectivity index (χ0) is 40.3. The summed E-state index contributed by atoms with van der Waals surface area (Å²) in [5, 5.41) is 23.7. The van der Waals surface area contributed by atoms with Gasteiger partial charge in [0.05, 0.1) is 25.2 Å². The highest BCUT2D eigenvalue weighted by molar-refractivity contribution is 5.77. The fourth-order valence-electron chi connectivity index (χ4n) is 7.61. The fraction of sp³-hybridized carbons (Fsp3) is 0.918. The van der Waals surface area contributed by atoms with Gasteiger partial charge in [0.2, 0.25) is 5.91 Å². The minimum Gasteiger partial charge on any atom is -0.462 e. The first-order valence-electron chi connectivity index (χ1n) is 24.4. The Labute approximate surface area is 342 Å². The van der Waals surface area contributed by atoms with Gasteiger partial charge in [-0.1, -0.05) is 219 Å². The van der Waals surface area contributed by atoms with Crippen molar-refractivity contribution in [1.82, 2.24) is 5.32 Å². The van der Waals surface area contributed by atoms with Crippen LogP contribution in [0.5, 0.6) is 0 Å². The number of amides is 1. The number of carbonyl (C=O) groups excluding carboxylic acids is 2. The van der Waals surface area contributed by atoms with E-state index in [1.165, 1.54) is 167 Å². The molecule has 0 bridgehead atoms. The van der Waals surface area contributed by atoms with Crippen molar-refractivity contribution in [2.24, 2.45) is 0 Å². The summed E-state index contributed by atoms with van der Waals surface area (Å²) < 4.78 is 5.90. The average Bonchev–Trinajstić information content (AvgIpc) is 3.18. The molecule has 0 aromatic rings. The minimum atomic E-state index is -0.787. The first-order chi connectivity index (χ1) is 27.0. The normalized spacial score (nSPS) is 13.3. The Bertz CT molecular complexity index is 832. The van der Waals surface area contributed by atoms with Crippen LogP contribution in [-0.2, 0) is 14.3 Å². The van der Waals surface area contributed by atoms with Crippen LogP contribution in [0.25, 0.3) is 0 Å². The Morgan fingerprint density at radius 3 is 1.33 bits per heavy atom. The lowest BCUT2D eigenvalue weighted by atomic mass is 10.0. The van der Waals surface area contributed by atoms with Gasteiger partial charge in [0.1, 0.15) is 6.10 Å².